The smallest absolute Gasteiger partial charge is 0.219 e. The molecule has 28 heavy (non-hydrogen) atoms. The van der Waals surface area contributed by atoms with Crippen molar-refractivity contribution >= 4 is 40.2 Å². The van der Waals surface area contributed by atoms with Crippen LogP contribution in [0.3, 0.4) is 0 Å². The maximum absolute atomic E-state index is 10.9. The number of nitrogens with one attached hydrogen (secondary N) is 2. The van der Waals surface area contributed by atoms with Crippen LogP contribution in [-0.2, 0) is 11.3 Å². The molecule has 3 heterocycles. The van der Waals surface area contributed by atoms with Gasteiger partial charge in [-0.1, -0.05) is 0 Å². The predicted octanol–water partition coefficient (Wildman–Crippen LogP) is 1.46. The second kappa shape index (κ2) is 7.85. The van der Waals surface area contributed by atoms with Gasteiger partial charge >= 0.3 is 0 Å². The Kier molecular flexibility index (Phi) is 5.11. The number of nitrogens with two attached hydrogens (primary N) is 1. The number of aryl methyl sites for hydroxylation is 1. The molecule has 0 bridgehead atoms. The van der Waals surface area contributed by atoms with Crippen molar-refractivity contribution in [2.45, 2.75) is 25.8 Å². The minimum Gasteiger partial charge on any atom is -0.370 e. The van der Waals surface area contributed by atoms with Crippen molar-refractivity contribution in [1.82, 2.24) is 30.0 Å². The number of amides is 1. The fourth-order valence-electron chi connectivity index (χ4n) is 2.67. The Labute approximate surface area is 166 Å². The Morgan fingerprint density at radius 1 is 1.29 bits per heavy atom. The van der Waals surface area contributed by atoms with Crippen molar-refractivity contribution in [3.05, 3.63) is 30.7 Å². The zero-order valence-electron chi connectivity index (χ0n) is 15.1. The van der Waals surface area contributed by atoms with E-state index < -0.39 is 0 Å². The Morgan fingerprint density at radius 2 is 2.14 bits per heavy atom. The van der Waals surface area contributed by atoms with E-state index in [-0.39, 0.29) is 12.3 Å². The minimum absolute atomic E-state index is 0.232. The van der Waals surface area contributed by atoms with Crippen LogP contribution in [0.25, 0.3) is 22.4 Å². The number of pyridine rings is 1. The summed E-state index contributed by atoms with van der Waals surface area (Å²) in [4.78, 5) is 24.4. The first-order chi connectivity index (χ1) is 13.6. The first-order valence-corrected chi connectivity index (χ1v) is 9.47. The number of rotatable bonds is 7. The lowest BCUT2D eigenvalue weighted by atomic mass is 10.2. The number of hydrogen-bond acceptors (Lipinski definition) is 6. The third kappa shape index (κ3) is 4.58. The van der Waals surface area contributed by atoms with Gasteiger partial charge in [0.2, 0.25) is 5.91 Å². The summed E-state index contributed by atoms with van der Waals surface area (Å²) in [6.45, 7) is 1.32. The average Bonchev–Trinajstić information content (AvgIpc) is 3.39. The van der Waals surface area contributed by atoms with Gasteiger partial charge in [-0.15, -0.1) is 0 Å². The van der Waals surface area contributed by atoms with Gasteiger partial charge in [-0.3, -0.25) is 14.5 Å². The van der Waals surface area contributed by atoms with Gasteiger partial charge in [0.1, 0.15) is 11.3 Å². The number of carbonyl (C=O) groups excluding carboxylic acids is 1. The Hall–Kier alpha value is -3.14. The number of primary amides is 1. The van der Waals surface area contributed by atoms with Gasteiger partial charge in [0.05, 0.1) is 18.1 Å². The minimum atomic E-state index is -0.365. The van der Waals surface area contributed by atoms with E-state index in [4.69, 9.17) is 18.0 Å². The largest absolute Gasteiger partial charge is 0.370 e. The Bertz CT molecular complexity index is 1030. The van der Waals surface area contributed by atoms with E-state index in [1.807, 2.05) is 12.1 Å². The molecule has 0 radical (unpaired) electrons. The van der Waals surface area contributed by atoms with Gasteiger partial charge in [-0.05, 0) is 43.1 Å². The molecular formula is C18H20N8OS. The monoisotopic (exact) mass is 396 g/mol. The van der Waals surface area contributed by atoms with Gasteiger partial charge in [-0.2, -0.15) is 5.10 Å². The molecule has 1 fully saturated rings. The fraction of sp³-hybridized carbons (Fsp3) is 0.333. The molecule has 4 rings (SSSR count). The molecule has 9 nitrogen and oxygen atoms in total. The summed E-state index contributed by atoms with van der Waals surface area (Å²) in [6.07, 6.45) is 7.92. The lowest BCUT2D eigenvalue weighted by Crippen LogP contribution is -2.30. The van der Waals surface area contributed by atoms with Gasteiger partial charge < -0.3 is 16.4 Å². The van der Waals surface area contributed by atoms with Crippen LogP contribution in [0.2, 0.25) is 0 Å². The van der Waals surface area contributed by atoms with Crippen LogP contribution in [0.1, 0.15) is 19.3 Å². The molecule has 0 aromatic carbocycles. The summed E-state index contributed by atoms with van der Waals surface area (Å²) in [7, 11) is 0. The Balaban J connectivity index is 1.49. The lowest BCUT2D eigenvalue weighted by molar-refractivity contribution is -0.118. The van der Waals surface area contributed by atoms with Crippen LogP contribution in [0.4, 0.5) is 5.82 Å². The van der Waals surface area contributed by atoms with E-state index >= 15 is 0 Å². The van der Waals surface area contributed by atoms with Crippen LogP contribution >= 0.6 is 12.2 Å². The molecule has 0 aliphatic heterocycles. The maximum atomic E-state index is 10.9. The van der Waals surface area contributed by atoms with Crippen LogP contribution in [-0.4, -0.2) is 42.3 Å². The van der Waals surface area contributed by atoms with E-state index in [0.29, 0.717) is 34.3 Å². The molecule has 0 atom stereocenters. The SMILES string of the molecule is NC(=O)CCn1cc(-c2cnc3ccc(NC(=S)NCC4CC4)nc3n2)cn1. The molecule has 1 aliphatic carbocycles. The molecule has 0 unspecified atom stereocenters. The highest BCUT2D eigenvalue weighted by atomic mass is 32.1. The van der Waals surface area contributed by atoms with E-state index in [2.05, 4.69) is 30.7 Å². The molecule has 10 heteroatoms. The van der Waals surface area contributed by atoms with E-state index in [9.17, 15) is 4.79 Å². The topological polar surface area (TPSA) is 124 Å². The molecule has 4 N–H and O–H groups in total. The molecule has 3 aromatic heterocycles. The summed E-state index contributed by atoms with van der Waals surface area (Å²) in [5, 5.41) is 11.1. The second-order valence-electron chi connectivity index (χ2n) is 6.78. The van der Waals surface area contributed by atoms with Crippen LogP contribution < -0.4 is 16.4 Å². The summed E-state index contributed by atoms with van der Waals surface area (Å²) in [6, 6.07) is 3.67. The molecule has 0 spiro atoms. The number of thiocarbonyl (C=S) groups is 1. The standard InChI is InChI=1S/C18H20N8OS/c19-15(27)5-6-26-10-12(8-22-26)14-9-20-13-3-4-16(24-17(13)23-14)25-18(28)21-7-11-1-2-11/h3-4,8-11H,1-2,5-7H2,(H2,19,27)(H2,21,23,24,25,28). The molecular weight excluding hydrogens is 376 g/mol. The first kappa shape index (κ1) is 18.2. The molecule has 1 aliphatic rings. The first-order valence-electron chi connectivity index (χ1n) is 9.06. The zero-order valence-corrected chi connectivity index (χ0v) is 15.9. The van der Waals surface area contributed by atoms with Gasteiger partial charge in [0, 0.05) is 31.3 Å². The molecule has 3 aromatic rings. The maximum Gasteiger partial charge on any atom is 0.219 e. The number of hydrogen-bond donors (Lipinski definition) is 3. The van der Waals surface area contributed by atoms with Crippen molar-refractivity contribution in [2.24, 2.45) is 11.7 Å². The second-order valence-corrected chi connectivity index (χ2v) is 7.19. The molecule has 144 valence electrons. The lowest BCUT2D eigenvalue weighted by Gasteiger charge is -2.09. The number of fused-ring (bicyclic) bond motifs is 1. The number of aromatic nitrogens is 5. The quantitative estimate of drug-likeness (QED) is 0.513. The summed E-state index contributed by atoms with van der Waals surface area (Å²) < 4.78 is 1.65. The highest BCUT2D eigenvalue weighted by Gasteiger charge is 2.21. The number of anilines is 1. The van der Waals surface area contributed by atoms with E-state index in [0.717, 1.165) is 18.0 Å². The summed E-state index contributed by atoms with van der Waals surface area (Å²) in [5.41, 5.74) is 7.82. The molecule has 1 amide bonds. The highest BCUT2D eigenvalue weighted by Crippen LogP contribution is 2.27. The van der Waals surface area contributed by atoms with Crippen molar-refractivity contribution in [3.63, 3.8) is 0 Å². The van der Waals surface area contributed by atoms with Gasteiger partial charge in [-0.25, -0.2) is 9.97 Å². The fourth-order valence-corrected chi connectivity index (χ4v) is 2.86. The van der Waals surface area contributed by atoms with Crippen molar-refractivity contribution in [2.75, 3.05) is 11.9 Å². The van der Waals surface area contributed by atoms with E-state index in [1.165, 1.54) is 12.8 Å². The number of carbonyl (C=O) groups is 1. The third-order valence-electron chi connectivity index (χ3n) is 4.41. The Morgan fingerprint density at radius 3 is 2.93 bits per heavy atom. The summed E-state index contributed by atoms with van der Waals surface area (Å²) in [5.74, 6) is 0.988. The number of nitrogens with zero attached hydrogens (tertiary/aromatic N) is 5. The zero-order chi connectivity index (χ0) is 19.5. The third-order valence-corrected chi connectivity index (χ3v) is 4.66. The molecule has 1 saturated carbocycles. The normalized spacial score (nSPS) is 13.4. The van der Waals surface area contributed by atoms with Crippen LogP contribution in [0, 0.1) is 5.92 Å². The highest BCUT2D eigenvalue weighted by molar-refractivity contribution is 7.80. The van der Waals surface area contributed by atoms with Crippen LogP contribution in [0.15, 0.2) is 30.7 Å². The summed E-state index contributed by atoms with van der Waals surface area (Å²) >= 11 is 5.31. The average molecular weight is 396 g/mol. The molecule has 0 saturated heterocycles. The van der Waals surface area contributed by atoms with Crippen LogP contribution in [0.5, 0.6) is 0 Å². The van der Waals surface area contributed by atoms with Crippen molar-refractivity contribution < 1.29 is 4.79 Å². The van der Waals surface area contributed by atoms with Crippen molar-refractivity contribution in [1.29, 1.82) is 0 Å². The van der Waals surface area contributed by atoms with E-state index in [1.54, 1.807) is 23.3 Å². The van der Waals surface area contributed by atoms with Gasteiger partial charge in [0.25, 0.3) is 0 Å². The van der Waals surface area contributed by atoms with Crippen molar-refractivity contribution in [3.8, 4) is 11.3 Å². The predicted molar refractivity (Wildman–Crippen MR) is 109 cm³/mol. The van der Waals surface area contributed by atoms with Gasteiger partial charge in [0.15, 0.2) is 10.8 Å².